The van der Waals surface area contributed by atoms with Gasteiger partial charge in [0.2, 0.25) is 0 Å². The fourth-order valence-electron chi connectivity index (χ4n) is 3.94. The van der Waals surface area contributed by atoms with Gasteiger partial charge in [0.05, 0.1) is 5.02 Å². The van der Waals surface area contributed by atoms with Crippen LogP contribution in [0.1, 0.15) is 43.7 Å². The molecule has 6 heteroatoms. The zero-order valence-electron chi connectivity index (χ0n) is 13.2. The molecule has 2 nitrogen and oxygen atoms in total. The smallest absolute Gasteiger partial charge is 0.142 e. The maximum absolute atomic E-state index is 14.5. The zero-order chi connectivity index (χ0) is 15.5. The van der Waals surface area contributed by atoms with Crippen LogP contribution in [0.2, 0.25) is 5.02 Å². The van der Waals surface area contributed by atoms with E-state index in [0.717, 1.165) is 45.1 Å². The van der Waals surface area contributed by atoms with Gasteiger partial charge in [0.15, 0.2) is 0 Å². The number of halogens is 4. The van der Waals surface area contributed by atoms with Crippen LogP contribution in [0.3, 0.4) is 0 Å². The van der Waals surface area contributed by atoms with Gasteiger partial charge in [0.1, 0.15) is 11.6 Å². The van der Waals surface area contributed by atoms with Crippen LogP contribution in [0.5, 0.6) is 0 Å². The first kappa shape index (κ1) is 18.9. The van der Waals surface area contributed by atoms with Crippen molar-refractivity contribution in [3.05, 3.63) is 34.4 Å². The zero-order valence-corrected chi connectivity index (χ0v) is 14.7. The summed E-state index contributed by atoms with van der Waals surface area (Å²) >= 11 is 6.17. The predicted octanol–water partition coefficient (Wildman–Crippen LogP) is 4.57. The average molecular weight is 365 g/mol. The monoisotopic (exact) mass is 364 g/mol. The second kappa shape index (κ2) is 8.61. The van der Waals surface area contributed by atoms with E-state index in [1.807, 2.05) is 0 Å². The van der Waals surface area contributed by atoms with E-state index in [9.17, 15) is 8.78 Å². The van der Waals surface area contributed by atoms with Gasteiger partial charge < -0.3 is 5.32 Å². The topological polar surface area (TPSA) is 15.3 Å². The van der Waals surface area contributed by atoms with Gasteiger partial charge in [0.25, 0.3) is 0 Å². The molecule has 1 N–H and O–H groups in total. The molecule has 0 aromatic heterocycles. The lowest BCUT2D eigenvalue weighted by Gasteiger charge is -2.41. The summed E-state index contributed by atoms with van der Waals surface area (Å²) in [4.78, 5) is 2.29. The first-order valence-corrected chi connectivity index (χ1v) is 8.64. The third-order valence-electron chi connectivity index (χ3n) is 5.02. The van der Waals surface area contributed by atoms with Crippen LogP contribution < -0.4 is 5.32 Å². The van der Waals surface area contributed by atoms with Crippen molar-refractivity contribution < 1.29 is 8.78 Å². The lowest BCUT2D eigenvalue weighted by Crippen LogP contribution is -2.47. The van der Waals surface area contributed by atoms with Crippen LogP contribution >= 0.6 is 24.0 Å². The van der Waals surface area contributed by atoms with E-state index in [1.54, 1.807) is 0 Å². The molecule has 23 heavy (non-hydrogen) atoms. The Morgan fingerprint density at radius 1 is 1.04 bits per heavy atom. The van der Waals surface area contributed by atoms with Gasteiger partial charge in [-0.15, -0.1) is 12.4 Å². The van der Waals surface area contributed by atoms with Crippen LogP contribution in [-0.4, -0.2) is 31.1 Å². The molecule has 2 aliphatic rings. The molecule has 130 valence electrons. The molecule has 0 radical (unpaired) electrons. The molecule has 0 spiro atoms. The van der Waals surface area contributed by atoms with Gasteiger partial charge >= 0.3 is 0 Å². The molecule has 1 heterocycles. The summed E-state index contributed by atoms with van der Waals surface area (Å²) in [5, 5.41) is 3.29. The third kappa shape index (κ3) is 4.16. The number of hydrogen-bond acceptors (Lipinski definition) is 2. The molecule has 1 saturated heterocycles. The van der Waals surface area contributed by atoms with Gasteiger partial charge in [-0.1, -0.05) is 30.9 Å². The van der Waals surface area contributed by atoms with Crippen LogP contribution in [0, 0.1) is 17.6 Å². The Labute approximate surface area is 148 Å². The van der Waals surface area contributed by atoms with Crippen molar-refractivity contribution in [3.63, 3.8) is 0 Å². The fourth-order valence-corrected chi connectivity index (χ4v) is 4.21. The number of piperazine rings is 1. The Balaban J connectivity index is 0.00000192. The number of benzene rings is 1. The van der Waals surface area contributed by atoms with Crippen LogP contribution in [0.15, 0.2) is 12.1 Å². The summed E-state index contributed by atoms with van der Waals surface area (Å²) in [6.07, 6.45) is 5.72. The van der Waals surface area contributed by atoms with E-state index in [0.29, 0.717) is 11.5 Å². The highest BCUT2D eigenvalue weighted by atomic mass is 35.5. The summed E-state index contributed by atoms with van der Waals surface area (Å²) in [6.45, 7) is 3.48. The Kier molecular flexibility index (Phi) is 7.08. The van der Waals surface area contributed by atoms with Crippen LogP contribution in [-0.2, 0) is 0 Å². The van der Waals surface area contributed by atoms with Crippen molar-refractivity contribution in [2.45, 2.75) is 38.1 Å². The highest BCUT2D eigenvalue weighted by molar-refractivity contribution is 6.31. The molecule has 1 aromatic carbocycles. The SMILES string of the molecule is Cl.Fc1ccc(F)c([C@H](C2CCCCC2)N2CCNCC2)c1Cl. The van der Waals surface area contributed by atoms with E-state index < -0.39 is 5.82 Å². The molecule has 0 bridgehead atoms. The molecule has 0 unspecified atom stereocenters. The molecule has 0 amide bonds. The van der Waals surface area contributed by atoms with Gasteiger partial charge in [-0.25, -0.2) is 8.78 Å². The lowest BCUT2D eigenvalue weighted by atomic mass is 9.80. The molecule has 1 aliphatic heterocycles. The van der Waals surface area contributed by atoms with Crippen LogP contribution in [0.4, 0.5) is 8.78 Å². The van der Waals surface area contributed by atoms with Crippen molar-refractivity contribution in [1.82, 2.24) is 10.2 Å². The van der Waals surface area contributed by atoms with Gasteiger partial charge in [-0.05, 0) is 30.9 Å². The highest BCUT2D eigenvalue weighted by Gasteiger charge is 2.34. The van der Waals surface area contributed by atoms with Crippen molar-refractivity contribution in [2.75, 3.05) is 26.2 Å². The van der Waals surface area contributed by atoms with E-state index >= 15 is 0 Å². The fraction of sp³-hybridized carbons (Fsp3) is 0.647. The van der Waals surface area contributed by atoms with Crippen molar-refractivity contribution >= 4 is 24.0 Å². The molecule has 2 fully saturated rings. The largest absolute Gasteiger partial charge is 0.314 e. The minimum Gasteiger partial charge on any atom is -0.314 e. The van der Waals surface area contributed by atoms with Gasteiger partial charge in [-0.3, -0.25) is 4.90 Å². The molecule has 1 aliphatic carbocycles. The lowest BCUT2D eigenvalue weighted by molar-refractivity contribution is 0.100. The molecular weight excluding hydrogens is 341 g/mol. The Bertz CT molecular complexity index is 498. The van der Waals surface area contributed by atoms with Gasteiger partial charge in [-0.2, -0.15) is 0 Å². The summed E-state index contributed by atoms with van der Waals surface area (Å²) in [7, 11) is 0. The van der Waals surface area contributed by atoms with Gasteiger partial charge in [0, 0.05) is 37.8 Å². The number of rotatable bonds is 3. The minimum atomic E-state index is -0.519. The summed E-state index contributed by atoms with van der Waals surface area (Å²) in [5.74, 6) is -0.532. The maximum Gasteiger partial charge on any atom is 0.142 e. The highest BCUT2D eigenvalue weighted by Crippen LogP contribution is 2.42. The predicted molar refractivity (Wildman–Crippen MR) is 92.4 cm³/mol. The Morgan fingerprint density at radius 2 is 1.65 bits per heavy atom. The summed E-state index contributed by atoms with van der Waals surface area (Å²) in [6, 6.07) is 2.23. The molecule has 1 atom stereocenters. The second-order valence-electron chi connectivity index (χ2n) is 6.39. The van der Waals surface area contributed by atoms with Crippen molar-refractivity contribution in [2.24, 2.45) is 5.92 Å². The Hall–Kier alpha value is -0.420. The molecule has 1 saturated carbocycles. The number of hydrogen-bond donors (Lipinski definition) is 1. The summed E-state index contributed by atoms with van der Waals surface area (Å²) < 4.78 is 28.4. The second-order valence-corrected chi connectivity index (χ2v) is 6.76. The quantitative estimate of drug-likeness (QED) is 0.790. The first-order valence-electron chi connectivity index (χ1n) is 8.26. The first-order chi connectivity index (χ1) is 10.7. The number of nitrogens with zero attached hydrogens (tertiary/aromatic N) is 1. The van der Waals surface area contributed by atoms with E-state index in [1.165, 1.54) is 25.3 Å². The molecule has 3 rings (SSSR count). The molecule has 1 aromatic rings. The normalized spacial score (nSPS) is 21.7. The van der Waals surface area contributed by atoms with E-state index in [4.69, 9.17) is 11.6 Å². The van der Waals surface area contributed by atoms with Crippen LogP contribution in [0.25, 0.3) is 0 Å². The van der Waals surface area contributed by atoms with E-state index in [2.05, 4.69) is 10.2 Å². The number of nitrogens with one attached hydrogen (secondary N) is 1. The standard InChI is InChI=1S/C17H23ClF2N2.ClH/c18-16-14(20)7-6-13(19)15(16)17(12-4-2-1-3-5-12)22-10-8-21-9-11-22;/h6-7,12,17,21H,1-5,8-11H2;1H/t17-;/m0./s1. The van der Waals surface area contributed by atoms with Crippen molar-refractivity contribution in [1.29, 1.82) is 0 Å². The molecular formula is C17H24Cl2F2N2. The maximum atomic E-state index is 14.5. The summed E-state index contributed by atoms with van der Waals surface area (Å²) in [5.41, 5.74) is 0.371. The third-order valence-corrected chi connectivity index (χ3v) is 5.40. The van der Waals surface area contributed by atoms with Crippen molar-refractivity contribution in [3.8, 4) is 0 Å². The minimum absolute atomic E-state index is 0. The van der Waals surface area contributed by atoms with E-state index in [-0.39, 0.29) is 29.3 Å². The average Bonchev–Trinajstić information content (AvgIpc) is 2.57. The Morgan fingerprint density at radius 3 is 2.30 bits per heavy atom.